The molecule has 2 saturated carbocycles. The lowest BCUT2D eigenvalue weighted by molar-refractivity contribution is 0.0466. The molecular weight excluding hydrogens is 238 g/mol. The molecule has 1 saturated heterocycles. The quantitative estimate of drug-likeness (QED) is 0.838. The largest absolute Gasteiger partial charge is 0.338 e. The summed E-state index contributed by atoms with van der Waals surface area (Å²) in [5.41, 5.74) is 0. The van der Waals surface area contributed by atoms with Crippen molar-refractivity contribution in [1.82, 2.24) is 15.0 Å². The lowest BCUT2D eigenvalue weighted by Gasteiger charge is -2.43. The zero-order chi connectivity index (χ0) is 12.7. The van der Waals surface area contributed by atoms with Crippen LogP contribution in [0.5, 0.6) is 0 Å². The second-order valence-electron chi connectivity index (χ2n) is 6.55. The van der Waals surface area contributed by atoms with Gasteiger partial charge in [-0.3, -0.25) is 4.90 Å². The molecular formula is C15H23N3O. The highest BCUT2D eigenvalue weighted by Crippen LogP contribution is 2.39. The molecule has 2 heterocycles. The van der Waals surface area contributed by atoms with Crippen molar-refractivity contribution in [2.75, 3.05) is 6.54 Å². The van der Waals surface area contributed by atoms with Gasteiger partial charge in [0, 0.05) is 12.0 Å². The Labute approximate surface area is 114 Å². The van der Waals surface area contributed by atoms with Crippen molar-refractivity contribution < 1.29 is 4.52 Å². The van der Waals surface area contributed by atoms with E-state index in [4.69, 9.17) is 4.52 Å². The van der Waals surface area contributed by atoms with Crippen molar-refractivity contribution in [2.45, 2.75) is 69.9 Å². The third-order valence-electron chi connectivity index (χ3n) is 5.12. The highest BCUT2D eigenvalue weighted by molar-refractivity contribution is 5.03. The highest BCUT2D eigenvalue weighted by Gasteiger charge is 2.34. The van der Waals surface area contributed by atoms with Crippen LogP contribution in [-0.4, -0.2) is 27.6 Å². The molecule has 2 atom stereocenters. The number of rotatable bonds is 3. The Morgan fingerprint density at radius 3 is 2.79 bits per heavy atom. The molecule has 1 aromatic rings. The predicted octanol–water partition coefficient (Wildman–Crippen LogP) is 3.10. The standard InChI is InChI=1S/C15H23N3O/c1-2-6-13-11(4-1)5-3-9-18(13)10-14-16-15(17-19-14)12-7-8-12/h11-13H,1-10H2/t11-,13+/m1/s1. The monoisotopic (exact) mass is 261 g/mol. The fraction of sp³-hybridized carbons (Fsp3) is 0.867. The van der Waals surface area contributed by atoms with E-state index in [1.54, 1.807) is 0 Å². The van der Waals surface area contributed by atoms with Gasteiger partial charge in [-0.25, -0.2) is 0 Å². The van der Waals surface area contributed by atoms with Crippen LogP contribution in [0.25, 0.3) is 0 Å². The Hall–Kier alpha value is -0.900. The molecule has 0 bridgehead atoms. The molecule has 0 radical (unpaired) electrons. The van der Waals surface area contributed by atoms with Crippen LogP contribution in [-0.2, 0) is 6.54 Å². The SMILES string of the molecule is C1CC[C@H]2[C@H](C1)CCCN2Cc1nc(C2CC2)no1. The number of piperidine rings is 1. The van der Waals surface area contributed by atoms with E-state index in [2.05, 4.69) is 15.0 Å². The van der Waals surface area contributed by atoms with Crippen molar-refractivity contribution in [3.05, 3.63) is 11.7 Å². The minimum Gasteiger partial charge on any atom is -0.338 e. The van der Waals surface area contributed by atoms with E-state index in [0.29, 0.717) is 5.92 Å². The summed E-state index contributed by atoms with van der Waals surface area (Å²) in [4.78, 5) is 7.19. The Bertz CT molecular complexity index is 438. The van der Waals surface area contributed by atoms with Gasteiger partial charge in [-0.05, 0) is 51.0 Å². The van der Waals surface area contributed by atoms with Gasteiger partial charge < -0.3 is 4.52 Å². The number of hydrogen-bond acceptors (Lipinski definition) is 4. The fourth-order valence-electron chi connectivity index (χ4n) is 3.94. The molecule has 19 heavy (non-hydrogen) atoms. The Balaban J connectivity index is 1.44. The number of hydrogen-bond donors (Lipinski definition) is 0. The van der Waals surface area contributed by atoms with E-state index < -0.39 is 0 Å². The van der Waals surface area contributed by atoms with Gasteiger partial charge in [0.1, 0.15) is 0 Å². The smallest absolute Gasteiger partial charge is 0.240 e. The van der Waals surface area contributed by atoms with Crippen LogP contribution < -0.4 is 0 Å². The van der Waals surface area contributed by atoms with Crippen LogP contribution in [0.1, 0.15) is 69.0 Å². The van der Waals surface area contributed by atoms with Crippen molar-refractivity contribution in [1.29, 1.82) is 0 Å². The lowest BCUT2D eigenvalue weighted by atomic mass is 9.78. The third-order valence-corrected chi connectivity index (χ3v) is 5.12. The first-order chi connectivity index (χ1) is 9.40. The number of nitrogens with zero attached hydrogens (tertiary/aromatic N) is 3. The van der Waals surface area contributed by atoms with Gasteiger partial charge in [-0.15, -0.1) is 0 Å². The molecule has 3 aliphatic rings. The summed E-state index contributed by atoms with van der Waals surface area (Å²) < 4.78 is 5.45. The van der Waals surface area contributed by atoms with E-state index in [1.165, 1.54) is 57.9 Å². The summed E-state index contributed by atoms with van der Waals surface area (Å²) >= 11 is 0. The normalized spacial score (nSPS) is 32.2. The average molecular weight is 261 g/mol. The summed E-state index contributed by atoms with van der Waals surface area (Å²) in [6.07, 6.45) is 10.9. The van der Waals surface area contributed by atoms with Gasteiger partial charge in [0.15, 0.2) is 5.82 Å². The van der Waals surface area contributed by atoms with Crippen molar-refractivity contribution in [3.63, 3.8) is 0 Å². The maximum Gasteiger partial charge on any atom is 0.240 e. The first-order valence-corrected chi connectivity index (χ1v) is 7.96. The topological polar surface area (TPSA) is 42.2 Å². The molecule has 1 aliphatic heterocycles. The van der Waals surface area contributed by atoms with Crippen LogP contribution in [0, 0.1) is 5.92 Å². The number of likely N-dealkylation sites (tertiary alicyclic amines) is 1. The number of aromatic nitrogens is 2. The Morgan fingerprint density at radius 1 is 1.05 bits per heavy atom. The highest BCUT2D eigenvalue weighted by atomic mass is 16.5. The minimum absolute atomic E-state index is 0.598. The lowest BCUT2D eigenvalue weighted by Crippen LogP contribution is -2.46. The van der Waals surface area contributed by atoms with Gasteiger partial charge in [0.2, 0.25) is 5.89 Å². The summed E-state index contributed by atoms with van der Waals surface area (Å²) in [5.74, 6) is 3.31. The van der Waals surface area contributed by atoms with Crippen LogP contribution in [0.2, 0.25) is 0 Å². The van der Waals surface area contributed by atoms with E-state index in [-0.39, 0.29) is 0 Å². The molecule has 4 nitrogen and oxygen atoms in total. The van der Waals surface area contributed by atoms with Gasteiger partial charge >= 0.3 is 0 Å². The maximum absolute atomic E-state index is 5.45. The Kier molecular flexibility index (Phi) is 3.06. The second-order valence-corrected chi connectivity index (χ2v) is 6.55. The van der Waals surface area contributed by atoms with Crippen molar-refractivity contribution >= 4 is 0 Å². The van der Waals surface area contributed by atoms with Crippen LogP contribution >= 0.6 is 0 Å². The van der Waals surface area contributed by atoms with Gasteiger partial charge in [0.25, 0.3) is 0 Å². The van der Waals surface area contributed by atoms with Crippen LogP contribution in [0.3, 0.4) is 0 Å². The first-order valence-electron chi connectivity index (χ1n) is 7.96. The van der Waals surface area contributed by atoms with Crippen molar-refractivity contribution in [3.8, 4) is 0 Å². The molecule has 0 amide bonds. The second kappa shape index (κ2) is 4.89. The van der Waals surface area contributed by atoms with E-state index in [0.717, 1.165) is 30.2 Å². The molecule has 3 fully saturated rings. The first kappa shape index (κ1) is 11.9. The maximum atomic E-state index is 5.45. The summed E-state index contributed by atoms with van der Waals surface area (Å²) in [6, 6.07) is 0.777. The molecule has 0 spiro atoms. The van der Waals surface area contributed by atoms with E-state index in [9.17, 15) is 0 Å². The molecule has 104 valence electrons. The number of fused-ring (bicyclic) bond motifs is 1. The van der Waals surface area contributed by atoms with Crippen molar-refractivity contribution in [2.24, 2.45) is 5.92 Å². The molecule has 4 heteroatoms. The zero-order valence-electron chi connectivity index (χ0n) is 11.6. The van der Waals surface area contributed by atoms with E-state index in [1.807, 2.05) is 0 Å². The zero-order valence-corrected chi connectivity index (χ0v) is 11.6. The molecule has 2 aliphatic carbocycles. The van der Waals surface area contributed by atoms with Gasteiger partial charge in [-0.2, -0.15) is 4.98 Å². The molecule has 0 N–H and O–H groups in total. The average Bonchev–Trinajstić information content (AvgIpc) is 3.20. The molecule has 0 unspecified atom stereocenters. The molecule has 0 aromatic carbocycles. The summed E-state index contributed by atoms with van der Waals surface area (Å²) in [5, 5.41) is 4.13. The third kappa shape index (κ3) is 2.42. The molecule has 4 rings (SSSR count). The van der Waals surface area contributed by atoms with Gasteiger partial charge in [0.05, 0.1) is 6.54 Å². The van der Waals surface area contributed by atoms with E-state index >= 15 is 0 Å². The fourth-order valence-corrected chi connectivity index (χ4v) is 3.94. The molecule has 1 aromatic heterocycles. The van der Waals surface area contributed by atoms with Crippen LogP contribution in [0.15, 0.2) is 4.52 Å². The minimum atomic E-state index is 0.598. The summed E-state index contributed by atoms with van der Waals surface area (Å²) in [6.45, 7) is 2.09. The van der Waals surface area contributed by atoms with Crippen LogP contribution in [0.4, 0.5) is 0 Å². The predicted molar refractivity (Wildman–Crippen MR) is 71.7 cm³/mol. The Morgan fingerprint density at radius 2 is 1.89 bits per heavy atom. The van der Waals surface area contributed by atoms with Gasteiger partial charge in [-0.1, -0.05) is 18.0 Å². The summed E-state index contributed by atoms with van der Waals surface area (Å²) in [7, 11) is 0.